The molecule has 140 valence electrons. The summed E-state index contributed by atoms with van der Waals surface area (Å²) >= 11 is 1.68. The van der Waals surface area contributed by atoms with E-state index in [9.17, 15) is 4.79 Å². The van der Waals surface area contributed by atoms with Crippen LogP contribution in [0.2, 0.25) is 0 Å². The molecule has 2 aromatic heterocycles. The molecule has 2 aliphatic rings. The van der Waals surface area contributed by atoms with E-state index in [4.69, 9.17) is 10.5 Å². The van der Waals surface area contributed by atoms with E-state index in [1.54, 1.807) is 17.4 Å². The zero-order chi connectivity index (χ0) is 18.4. The Labute approximate surface area is 160 Å². The molecule has 0 aliphatic carbocycles. The van der Waals surface area contributed by atoms with Crippen LogP contribution in [0.15, 0.2) is 29.8 Å². The van der Waals surface area contributed by atoms with Crippen LogP contribution in [0, 0.1) is 0 Å². The third-order valence-corrected chi connectivity index (χ3v) is 6.46. The number of hydrogen-bond donors (Lipinski definition) is 1. The number of aromatic nitrogens is 3. The second kappa shape index (κ2) is 6.40. The molecule has 4 heterocycles. The molecule has 1 spiro atoms. The highest BCUT2D eigenvalue weighted by Crippen LogP contribution is 2.33. The number of nitrogens with zero attached hydrogens (tertiary/aromatic N) is 4. The molecule has 27 heavy (non-hydrogen) atoms. The fourth-order valence-corrected chi connectivity index (χ4v) is 4.71. The molecule has 5 rings (SSSR count). The molecule has 1 amide bonds. The summed E-state index contributed by atoms with van der Waals surface area (Å²) in [5, 5.41) is 4.35. The van der Waals surface area contributed by atoms with Crippen LogP contribution < -0.4 is 5.73 Å². The van der Waals surface area contributed by atoms with Gasteiger partial charge in [0.2, 0.25) is 0 Å². The lowest BCUT2D eigenvalue weighted by Gasteiger charge is -2.43. The third-order valence-electron chi connectivity index (χ3n) is 5.65. The van der Waals surface area contributed by atoms with E-state index in [2.05, 4.69) is 33.2 Å². The van der Waals surface area contributed by atoms with Gasteiger partial charge in [0.15, 0.2) is 0 Å². The zero-order valence-electron chi connectivity index (χ0n) is 14.9. The summed E-state index contributed by atoms with van der Waals surface area (Å²) < 4.78 is 9.36. The van der Waals surface area contributed by atoms with E-state index in [1.165, 1.54) is 10.3 Å². The van der Waals surface area contributed by atoms with Gasteiger partial charge in [0.1, 0.15) is 5.69 Å². The summed E-state index contributed by atoms with van der Waals surface area (Å²) in [5.41, 5.74) is 10.7. The van der Waals surface area contributed by atoms with Gasteiger partial charge in [-0.3, -0.25) is 14.4 Å². The lowest BCUT2D eigenvalue weighted by Crippen LogP contribution is -2.50. The maximum atomic E-state index is 11.4. The Bertz CT molecular complexity index is 1000. The van der Waals surface area contributed by atoms with Crippen molar-refractivity contribution in [2.45, 2.75) is 38.1 Å². The highest BCUT2D eigenvalue weighted by Gasteiger charge is 2.39. The van der Waals surface area contributed by atoms with Crippen LogP contribution in [-0.2, 0) is 24.4 Å². The van der Waals surface area contributed by atoms with Crippen LogP contribution in [0.1, 0.15) is 34.6 Å². The minimum atomic E-state index is -0.488. The number of amides is 1. The SMILES string of the molecule is NC(=O)c1cc2n(n1)CC1(CCN(Cc3ccc4scnc4c3)CC1)OC2. The minimum Gasteiger partial charge on any atom is -0.367 e. The number of carbonyl (C=O) groups is 1. The molecule has 0 atom stereocenters. The molecule has 7 nitrogen and oxygen atoms in total. The summed E-state index contributed by atoms with van der Waals surface area (Å²) in [6, 6.07) is 8.28. The van der Waals surface area contributed by atoms with Gasteiger partial charge in [0, 0.05) is 19.6 Å². The van der Waals surface area contributed by atoms with Crippen LogP contribution in [0.3, 0.4) is 0 Å². The second-order valence-corrected chi connectivity index (χ2v) is 8.33. The van der Waals surface area contributed by atoms with Crippen molar-refractivity contribution in [1.29, 1.82) is 0 Å². The van der Waals surface area contributed by atoms with Crippen molar-refractivity contribution in [2.75, 3.05) is 13.1 Å². The van der Waals surface area contributed by atoms with E-state index < -0.39 is 5.91 Å². The van der Waals surface area contributed by atoms with Crippen molar-refractivity contribution >= 4 is 27.5 Å². The van der Waals surface area contributed by atoms with Crippen molar-refractivity contribution in [3.8, 4) is 0 Å². The average Bonchev–Trinajstić information content (AvgIpc) is 3.29. The number of benzene rings is 1. The largest absolute Gasteiger partial charge is 0.367 e. The first kappa shape index (κ1) is 16.9. The van der Waals surface area contributed by atoms with Gasteiger partial charge in [0.05, 0.1) is 40.2 Å². The molecule has 8 heteroatoms. The van der Waals surface area contributed by atoms with Gasteiger partial charge < -0.3 is 10.5 Å². The van der Waals surface area contributed by atoms with Crippen molar-refractivity contribution in [2.24, 2.45) is 5.73 Å². The molecule has 3 aromatic rings. The fraction of sp³-hybridized carbons (Fsp3) is 0.421. The van der Waals surface area contributed by atoms with Crippen molar-refractivity contribution < 1.29 is 9.53 Å². The van der Waals surface area contributed by atoms with Gasteiger partial charge in [-0.15, -0.1) is 11.3 Å². The van der Waals surface area contributed by atoms with Crippen LogP contribution in [-0.4, -0.2) is 44.3 Å². The molecular weight excluding hydrogens is 362 g/mol. The fourth-order valence-electron chi connectivity index (χ4n) is 4.06. The topological polar surface area (TPSA) is 86.3 Å². The minimum absolute atomic E-state index is 0.191. The number of piperidine rings is 1. The van der Waals surface area contributed by atoms with E-state index in [1.807, 2.05) is 10.2 Å². The van der Waals surface area contributed by atoms with E-state index >= 15 is 0 Å². The lowest BCUT2D eigenvalue weighted by molar-refractivity contribution is -0.124. The van der Waals surface area contributed by atoms with Crippen molar-refractivity contribution in [3.05, 3.63) is 46.7 Å². The maximum Gasteiger partial charge on any atom is 0.269 e. The van der Waals surface area contributed by atoms with Gasteiger partial charge in [-0.2, -0.15) is 5.10 Å². The molecule has 2 aliphatic heterocycles. The zero-order valence-corrected chi connectivity index (χ0v) is 15.7. The Kier molecular flexibility index (Phi) is 3.99. The Morgan fingerprint density at radius 1 is 1.30 bits per heavy atom. The number of carbonyl (C=O) groups excluding carboxylic acids is 1. The van der Waals surface area contributed by atoms with E-state index in [0.29, 0.717) is 18.8 Å². The Morgan fingerprint density at radius 2 is 2.15 bits per heavy atom. The van der Waals surface area contributed by atoms with Gasteiger partial charge in [0.25, 0.3) is 5.91 Å². The van der Waals surface area contributed by atoms with Crippen molar-refractivity contribution in [3.63, 3.8) is 0 Å². The smallest absolute Gasteiger partial charge is 0.269 e. The Balaban J connectivity index is 1.25. The molecule has 0 unspecified atom stereocenters. The number of likely N-dealkylation sites (tertiary alicyclic amines) is 1. The van der Waals surface area contributed by atoms with Crippen molar-refractivity contribution in [1.82, 2.24) is 19.7 Å². The predicted octanol–water partition coefficient (Wildman–Crippen LogP) is 2.16. The molecule has 1 saturated heterocycles. The predicted molar refractivity (Wildman–Crippen MR) is 102 cm³/mol. The molecule has 0 radical (unpaired) electrons. The maximum absolute atomic E-state index is 11.4. The van der Waals surface area contributed by atoms with Crippen LogP contribution in [0.4, 0.5) is 0 Å². The van der Waals surface area contributed by atoms with E-state index in [-0.39, 0.29) is 5.60 Å². The third kappa shape index (κ3) is 3.13. The number of hydrogen-bond acceptors (Lipinski definition) is 6. The highest BCUT2D eigenvalue weighted by atomic mass is 32.1. The average molecular weight is 383 g/mol. The number of fused-ring (bicyclic) bond motifs is 2. The first-order valence-electron chi connectivity index (χ1n) is 9.15. The van der Waals surface area contributed by atoms with E-state index in [0.717, 1.165) is 43.7 Å². The number of primary amides is 1. The summed E-state index contributed by atoms with van der Waals surface area (Å²) in [5.74, 6) is -0.488. The number of rotatable bonds is 3. The highest BCUT2D eigenvalue weighted by molar-refractivity contribution is 7.16. The summed E-state index contributed by atoms with van der Waals surface area (Å²) in [7, 11) is 0. The summed E-state index contributed by atoms with van der Waals surface area (Å²) in [6.07, 6.45) is 1.91. The standard InChI is InChI=1S/C19H21N5O2S/c20-18(25)16-8-14-10-26-19(11-24(14)22-16)3-5-23(6-4-19)9-13-1-2-17-15(7-13)21-12-27-17/h1-2,7-8,12H,3-6,9-11H2,(H2,20,25). The monoisotopic (exact) mass is 383 g/mol. The first-order valence-corrected chi connectivity index (χ1v) is 10.0. The van der Waals surface area contributed by atoms with Crippen LogP contribution in [0.25, 0.3) is 10.2 Å². The molecular formula is C19H21N5O2S. The van der Waals surface area contributed by atoms with Gasteiger partial charge >= 0.3 is 0 Å². The molecule has 1 aromatic carbocycles. The van der Waals surface area contributed by atoms with Crippen LogP contribution in [0.5, 0.6) is 0 Å². The van der Waals surface area contributed by atoms with Crippen LogP contribution >= 0.6 is 11.3 Å². The lowest BCUT2D eigenvalue weighted by atomic mass is 9.89. The Hall–Kier alpha value is -2.29. The quantitative estimate of drug-likeness (QED) is 0.749. The second-order valence-electron chi connectivity index (χ2n) is 7.45. The number of nitrogens with two attached hydrogens (primary N) is 1. The molecule has 0 bridgehead atoms. The molecule has 2 N–H and O–H groups in total. The normalized spacial score (nSPS) is 19.4. The Morgan fingerprint density at radius 3 is 2.96 bits per heavy atom. The summed E-state index contributed by atoms with van der Waals surface area (Å²) in [4.78, 5) is 18.2. The molecule has 1 fully saturated rings. The van der Waals surface area contributed by atoms with Gasteiger partial charge in [-0.05, 0) is 36.6 Å². The number of thiazole rings is 1. The van der Waals surface area contributed by atoms with Gasteiger partial charge in [-0.25, -0.2) is 4.98 Å². The summed E-state index contributed by atoms with van der Waals surface area (Å²) in [6.45, 7) is 4.07. The molecule has 0 saturated carbocycles. The van der Waals surface area contributed by atoms with Gasteiger partial charge in [-0.1, -0.05) is 6.07 Å². The first-order chi connectivity index (χ1) is 13.1. The number of ether oxygens (including phenoxy) is 1.